The maximum Gasteiger partial charge on any atom is 0.263 e. The molecule has 26 heavy (non-hydrogen) atoms. The van der Waals surface area contributed by atoms with Gasteiger partial charge in [0.15, 0.2) is 0 Å². The van der Waals surface area contributed by atoms with Crippen LogP contribution >= 0.6 is 34.3 Å². The summed E-state index contributed by atoms with van der Waals surface area (Å²) >= 11 is 8.75. The fourth-order valence-electron chi connectivity index (χ4n) is 2.48. The Hall–Kier alpha value is -2.55. The monoisotopic (exact) mass is 402 g/mol. The van der Waals surface area contributed by atoms with Gasteiger partial charge in [0.05, 0.1) is 16.7 Å². The minimum absolute atomic E-state index is 0.147. The SMILES string of the molecule is O=C(Cn1cnc2scc(-c3cccs3)c2c1=O)Nc1ccc(Cl)cn1. The first-order valence-corrected chi connectivity index (χ1v) is 9.67. The first-order valence-electron chi connectivity index (χ1n) is 7.54. The number of nitrogens with zero attached hydrogens (tertiary/aromatic N) is 3. The molecule has 1 amide bonds. The van der Waals surface area contributed by atoms with E-state index in [9.17, 15) is 9.59 Å². The second-order valence-electron chi connectivity index (χ2n) is 5.39. The third kappa shape index (κ3) is 3.26. The Labute approximate surface area is 160 Å². The molecule has 0 saturated heterocycles. The largest absolute Gasteiger partial charge is 0.309 e. The fourth-order valence-corrected chi connectivity index (χ4v) is 4.31. The summed E-state index contributed by atoms with van der Waals surface area (Å²) in [7, 11) is 0. The van der Waals surface area contributed by atoms with Gasteiger partial charge in [0, 0.05) is 22.0 Å². The number of thiophene rings is 2. The van der Waals surface area contributed by atoms with Gasteiger partial charge < -0.3 is 5.32 Å². The molecule has 0 atom stereocenters. The van der Waals surface area contributed by atoms with E-state index in [2.05, 4.69) is 15.3 Å². The van der Waals surface area contributed by atoms with E-state index in [0.29, 0.717) is 21.1 Å². The van der Waals surface area contributed by atoms with Gasteiger partial charge in [-0.25, -0.2) is 9.97 Å². The van der Waals surface area contributed by atoms with Crippen LogP contribution in [-0.2, 0) is 11.3 Å². The van der Waals surface area contributed by atoms with Crippen LogP contribution in [0.25, 0.3) is 20.7 Å². The number of carbonyl (C=O) groups is 1. The number of carbonyl (C=O) groups excluding carboxylic acids is 1. The topological polar surface area (TPSA) is 76.9 Å². The van der Waals surface area contributed by atoms with Gasteiger partial charge in [0.25, 0.3) is 5.56 Å². The standard InChI is InChI=1S/C17H11ClN4O2S2/c18-10-3-4-13(19-6-10)21-14(23)7-22-9-20-16-15(17(22)24)11(8-26-16)12-2-1-5-25-12/h1-6,8-9H,7H2,(H,19,21,23). The number of amides is 1. The highest BCUT2D eigenvalue weighted by atomic mass is 35.5. The van der Waals surface area contributed by atoms with Crippen LogP contribution in [0.15, 0.2) is 52.3 Å². The van der Waals surface area contributed by atoms with E-state index in [4.69, 9.17) is 11.6 Å². The molecule has 4 heterocycles. The van der Waals surface area contributed by atoms with Gasteiger partial charge in [-0.1, -0.05) is 17.7 Å². The molecule has 0 spiro atoms. The van der Waals surface area contributed by atoms with E-state index in [-0.39, 0.29) is 18.0 Å². The highest BCUT2D eigenvalue weighted by Gasteiger charge is 2.15. The minimum atomic E-state index is -0.365. The molecule has 0 unspecified atom stereocenters. The van der Waals surface area contributed by atoms with E-state index in [0.717, 1.165) is 10.4 Å². The second-order valence-corrected chi connectivity index (χ2v) is 7.64. The average Bonchev–Trinajstić information content (AvgIpc) is 3.29. The summed E-state index contributed by atoms with van der Waals surface area (Å²) in [6.45, 7) is -0.147. The van der Waals surface area contributed by atoms with Crippen LogP contribution in [0.1, 0.15) is 0 Å². The molecule has 6 nitrogen and oxygen atoms in total. The molecule has 4 aromatic rings. The van der Waals surface area contributed by atoms with Gasteiger partial charge in [-0.05, 0) is 23.6 Å². The molecule has 0 radical (unpaired) electrons. The number of pyridine rings is 1. The molecule has 0 saturated carbocycles. The van der Waals surface area contributed by atoms with Crippen molar-refractivity contribution >= 4 is 56.2 Å². The molecule has 0 bridgehead atoms. The van der Waals surface area contributed by atoms with Gasteiger partial charge in [-0.3, -0.25) is 14.2 Å². The Kier molecular flexibility index (Phi) is 4.54. The van der Waals surface area contributed by atoms with E-state index < -0.39 is 0 Å². The molecule has 0 aromatic carbocycles. The second kappa shape index (κ2) is 6.99. The molecule has 0 aliphatic heterocycles. The molecule has 130 valence electrons. The summed E-state index contributed by atoms with van der Waals surface area (Å²) in [5, 5.41) is 7.54. The molecular weight excluding hydrogens is 392 g/mol. The normalized spacial score (nSPS) is 11.0. The molecule has 0 fully saturated rings. The maximum absolute atomic E-state index is 12.9. The summed E-state index contributed by atoms with van der Waals surface area (Å²) < 4.78 is 1.30. The number of nitrogens with one attached hydrogen (secondary N) is 1. The van der Waals surface area contributed by atoms with Crippen molar-refractivity contribution < 1.29 is 4.79 Å². The van der Waals surface area contributed by atoms with Crippen LogP contribution in [0.3, 0.4) is 0 Å². The Morgan fingerprint density at radius 2 is 2.12 bits per heavy atom. The van der Waals surface area contributed by atoms with Gasteiger partial charge in [0.1, 0.15) is 17.2 Å². The van der Waals surface area contributed by atoms with Crippen molar-refractivity contribution in [3.63, 3.8) is 0 Å². The maximum atomic E-state index is 12.9. The van der Waals surface area contributed by atoms with Gasteiger partial charge in [-0.15, -0.1) is 22.7 Å². The minimum Gasteiger partial charge on any atom is -0.309 e. The number of hydrogen-bond acceptors (Lipinski definition) is 6. The van der Waals surface area contributed by atoms with E-state index >= 15 is 0 Å². The van der Waals surface area contributed by atoms with Crippen molar-refractivity contribution in [2.75, 3.05) is 5.32 Å². The third-order valence-corrected chi connectivity index (χ3v) is 5.67. The molecule has 0 aliphatic rings. The fraction of sp³-hybridized carbons (Fsp3) is 0.0588. The summed E-state index contributed by atoms with van der Waals surface area (Å²) in [5.74, 6) is 0.00673. The van der Waals surface area contributed by atoms with Crippen molar-refractivity contribution in [1.29, 1.82) is 0 Å². The Balaban J connectivity index is 1.63. The lowest BCUT2D eigenvalue weighted by atomic mass is 10.2. The summed E-state index contributed by atoms with van der Waals surface area (Å²) in [6, 6.07) is 7.12. The predicted molar refractivity (Wildman–Crippen MR) is 105 cm³/mol. The first-order chi connectivity index (χ1) is 12.6. The number of rotatable bonds is 4. The Bertz CT molecular complexity index is 1130. The van der Waals surface area contributed by atoms with Gasteiger partial charge >= 0.3 is 0 Å². The zero-order valence-electron chi connectivity index (χ0n) is 13.2. The van der Waals surface area contributed by atoms with E-state index in [1.54, 1.807) is 23.5 Å². The van der Waals surface area contributed by atoms with E-state index in [1.165, 1.54) is 28.4 Å². The molecular formula is C17H11ClN4O2S2. The van der Waals surface area contributed by atoms with Gasteiger partial charge in [0.2, 0.25) is 5.91 Å². The highest BCUT2D eigenvalue weighted by molar-refractivity contribution is 7.18. The summed E-state index contributed by atoms with van der Waals surface area (Å²) in [4.78, 5) is 35.1. The average molecular weight is 403 g/mol. The third-order valence-electron chi connectivity index (χ3n) is 3.66. The van der Waals surface area contributed by atoms with E-state index in [1.807, 2.05) is 22.9 Å². The smallest absolute Gasteiger partial charge is 0.263 e. The molecule has 1 N–H and O–H groups in total. The number of halogens is 1. The quantitative estimate of drug-likeness (QED) is 0.562. The molecule has 9 heteroatoms. The van der Waals surface area contributed by atoms with Crippen LogP contribution in [0.2, 0.25) is 5.02 Å². The summed E-state index contributed by atoms with van der Waals surface area (Å²) in [5.41, 5.74) is 0.616. The van der Waals surface area contributed by atoms with Crippen molar-refractivity contribution in [2.45, 2.75) is 6.54 Å². The first kappa shape index (κ1) is 16.9. The Morgan fingerprint density at radius 1 is 1.23 bits per heavy atom. The molecule has 0 aliphatic carbocycles. The van der Waals surface area contributed by atoms with Crippen molar-refractivity contribution in [1.82, 2.24) is 14.5 Å². The van der Waals surface area contributed by atoms with Crippen LogP contribution in [0, 0.1) is 0 Å². The Morgan fingerprint density at radius 3 is 2.85 bits per heavy atom. The zero-order chi connectivity index (χ0) is 18.1. The number of hydrogen-bond donors (Lipinski definition) is 1. The number of fused-ring (bicyclic) bond motifs is 1. The summed E-state index contributed by atoms with van der Waals surface area (Å²) in [6.07, 6.45) is 2.84. The predicted octanol–water partition coefficient (Wildman–Crippen LogP) is 3.87. The van der Waals surface area contributed by atoms with Crippen LogP contribution in [0.5, 0.6) is 0 Å². The highest BCUT2D eigenvalue weighted by Crippen LogP contribution is 2.33. The van der Waals surface area contributed by atoms with Crippen LogP contribution in [0.4, 0.5) is 5.82 Å². The molecule has 4 aromatic heterocycles. The lowest BCUT2D eigenvalue weighted by molar-refractivity contribution is -0.116. The van der Waals surface area contributed by atoms with Crippen LogP contribution < -0.4 is 10.9 Å². The number of aromatic nitrogens is 3. The zero-order valence-corrected chi connectivity index (χ0v) is 15.6. The van der Waals surface area contributed by atoms with Crippen molar-refractivity contribution in [3.8, 4) is 10.4 Å². The van der Waals surface area contributed by atoms with Crippen LogP contribution in [-0.4, -0.2) is 20.4 Å². The van der Waals surface area contributed by atoms with Crippen molar-refractivity contribution in [3.05, 3.63) is 62.9 Å². The van der Waals surface area contributed by atoms with Crippen molar-refractivity contribution in [2.24, 2.45) is 0 Å². The van der Waals surface area contributed by atoms with Gasteiger partial charge in [-0.2, -0.15) is 0 Å². The lowest BCUT2D eigenvalue weighted by Crippen LogP contribution is -2.28. The lowest BCUT2D eigenvalue weighted by Gasteiger charge is -2.07. The number of anilines is 1. The molecule has 4 rings (SSSR count).